The molecule has 150 valence electrons. The van der Waals surface area contributed by atoms with Crippen molar-refractivity contribution >= 4 is 23.2 Å². The van der Waals surface area contributed by atoms with Gasteiger partial charge in [0.15, 0.2) is 11.6 Å². The Labute approximate surface area is 164 Å². The van der Waals surface area contributed by atoms with Crippen molar-refractivity contribution in [3.8, 4) is 0 Å². The number of alkyl halides is 1. The maximum atomic E-state index is 12.5. The smallest absolute Gasteiger partial charge is 0.179 e. The Bertz CT molecular complexity index is 719. The molecule has 4 aliphatic carbocycles. The van der Waals surface area contributed by atoms with E-state index < -0.39 is 28.6 Å². The second-order valence-corrected chi connectivity index (χ2v) is 9.94. The van der Waals surface area contributed by atoms with E-state index in [1.807, 2.05) is 6.92 Å². The summed E-state index contributed by atoms with van der Waals surface area (Å²) in [6.07, 6.45) is 3.07. The molecule has 0 heterocycles. The highest BCUT2D eigenvalue weighted by atomic mass is 35.5. The largest absolute Gasteiger partial charge is 0.393 e. The first-order chi connectivity index (χ1) is 12.6. The van der Waals surface area contributed by atoms with Crippen LogP contribution in [0.1, 0.15) is 52.4 Å². The lowest BCUT2D eigenvalue weighted by molar-refractivity contribution is -0.184. The van der Waals surface area contributed by atoms with Crippen LogP contribution in [0.5, 0.6) is 0 Å². The summed E-state index contributed by atoms with van der Waals surface area (Å²) in [5, 5.41) is 33.3. The second kappa shape index (κ2) is 6.12. The summed E-state index contributed by atoms with van der Waals surface area (Å²) in [7, 11) is 0. The van der Waals surface area contributed by atoms with Gasteiger partial charge in [-0.15, -0.1) is 11.6 Å². The predicted octanol–water partition coefficient (Wildman–Crippen LogP) is 2.00. The molecule has 0 amide bonds. The van der Waals surface area contributed by atoms with Gasteiger partial charge < -0.3 is 15.3 Å². The molecule has 0 saturated heterocycles. The molecule has 0 aromatic heterocycles. The fraction of sp³-hybridized carbons (Fsp3) is 0.810. The molecule has 3 fully saturated rings. The van der Waals surface area contributed by atoms with Crippen LogP contribution in [0.25, 0.3) is 0 Å². The van der Waals surface area contributed by atoms with Gasteiger partial charge >= 0.3 is 0 Å². The molecule has 0 spiro atoms. The number of halogens is 1. The average molecular weight is 397 g/mol. The third kappa shape index (κ3) is 2.41. The fourth-order valence-electron chi connectivity index (χ4n) is 7.31. The first kappa shape index (κ1) is 19.6. The Kier molecular flexibility index (Phi) is 4.44. The Hall–Kier alpha value is -0.750. The molecular formula is C21H29ClO5. The van der Waals surface area contributed by atoms with E-state index in [4.69, 9.17) is 11.6 Å². The van der Waals surface area contributed by atoms with Gasteiger partial charge in [0, 0.05) is 11.8 Å². The summed E-state index contributed by atoms with van der Waals surface area (Å²) in [5.41, 5.74) is -1.93. The summed E-state index contributed by atoms with van der Waals surface area (Å²) < 4.78 is 0. The Morgan fingerprint density at radius 2 is 2.00 bits per heavy atom. The van der Waals surface area contributed by atoms with Crippen molar-refractivity contribution in [2.24, 2.45) is 28.6 Å². The normalized spacial score (nSPS) is 51.9. The SMILES string of the molecule is C[C@]12CCC(=O)C=C1C(O)C[C@@H]1[C@@H]2[C@@H](O)C[C@@]2(C)[C@H]1CC[C@]2(O)C(=O)CCl. The van der Waals surface area contributed by atoms with Crippen molar-refractivity contribution in [2.45, 2.75) is 70.2 Å². The average Bonchev–Trinajstić information content (AvgIpc) is 2.87. The van der Waals surface area contributed by atoms with Gasteiger partial charge in [-0.2, -0.15) is 0 Å². The van der Waals surface area contributed by atoms with E-state index in [1.165, 1.54) is 0 Å². The minimum atomic E-state index is -1.52. The first-order valence-electron chi connectivity index (χ1n) is 10.0. The molecule has 0 aromatic rings. The molecule has 4 aliphatic rings. The Morgan fingerprint density at radius 1 is 1.30 bits per heavy atom. The van der Waals surface area contributed by atoms with E-state index in [-0.39, 0.29) is 35.2 Å². The zero-order valence-corrected chi connectivity index (χ0v) is 16.7. The number of carbonyl (C=O) groups excluding carboxylic acids is 2. The number of carbonyl (C=O) groups is 2. The zero-order valence-electron chi connectivity index (χ0n) is 15.9. The van der Waals surface area contributed by atoms with E-state index in [2.05, 4.69) is 6.92 Å². The van der Waals surface area contributed by atoms with Crippen LogP contribution in [-0.2, 0) is 9.59 Å². The van der Waals surface area contributed by atoms with Crippen LogP contribution in [-0.4, -0.2) is 50.6 Å². The van der Waals surface area contributed by atoms with Crippen molar-refractivity contribution in [1.29, 1.82) is 0 Å². The third-order valence-electron chi connectivity index (χ3n) is 8.65. The third-order valence-corrected chi connectivity index (χ3v) is 8.89. The zero-order chi connectivity index (χ0) is 19.8. The highest BCUT2D eigenvalue weighted by Crippen LogP contribution is 2.67. The van der Waals surface area contributed by atoms with Gasteiger partial charge in [-0.05, 0) is 66.9 Å². The minimum absolute atomic E-state index is 0.00116. The summed E-state index contributed by atoms with van der Waals surface area (Å²) >= 11 is 5.79. The highest BCUT2D eigenvalue weighted by Gasteiger charge is 2.68. The number of hydrogen-bond donors (Lipinski definition) is 3. The molecule has 5 nitrogen and oxygen atoms in total. The van der Waals surface area contributed by atoms with Crippen LogP contribution < -0.4 is 0 Å². The monoisotopic (exact) mass is 396 g/mol. The highest BCUT2D eigenvalue weighted by molar-refractivity contribution is 6.29. The van der Waals surface area contributed by atoms with E-state index in [1.54, 1.807) is 6.08 Å². The van der Waals surface area contributed by atoms with Gasteiger partial charge in [-0.1, -0.05) is 13.8 Å². The van der Waals surface area contributed by atoms with E-state index >= 15 is 0 Å². The molecule has 8 atom stereocenters. The van der Waals surface area contributed by atoms with Crippen molar-refractivity contribution < 1.29 is 24.9 Å². The number of ketones is 2. The maximum absolute atomic E-state index is 12.5. The van der Waals surface area contributed by atoms with Crippen molar-refractivity contribution in [3.05, 3.63) is 11.6 Å². The van der Waals surface area contributed by atoms with Gasteiger partial charge in [0.25, 0.3) is 0 Å². The lowest BCUT2D eigenvalue weighted by Gasteiger charge is -2.61. The van der Waals surface area contributed by atoms with Gasteiger partial charge in [0.05, 0.1) is 18.1 Å². The molecule has 6 heteroatoms. The van der Waals surface area contributed by atoms with Crippen LogP contribution in [0.4, 0.5) is 0 Å². The van der Waals surface area contributed by atoms with Crippen LogP contribution in [0.15, 0.2) is 11.6 Å². The van der Waals surface area contributed by atoms with Crippen LogP contribution >= 0.6 is 11.6 Å². The maximum Gasteiger partial charge on any atom is 0.179 e. The summed E-state index contributed by atoms with van der Waals surface area (Å²) in [4.78, 5) is 24.4. The molecule has 1 unspecified atom stereocenters. The summed E-state index contributed by atoms with van der Waals surface area (Å²) in [6.45, 7) is 3.96. The standard InChI is InChI=1S/C21H29ClO5/c1-19-5-3-11(23)7-14(19)15(24)8-12-13-4-6-21(27,17(26)10-22)20(13,2)9-16(25)18(12)19/h7,12-13,15-16,18,24-25,27H,3-6,8-10H2,1-2H3/t12-,13-,15?,16-,18+,19-,20-,21-/m0/s1. The predicted molar refractivity (Wildman–Crippen MR) is 100 cm³/mol. The minimum Gasteiger partial charge on any atom is -0.393 e. The molecule has 0 aromatic carbocycles. The number of Topliss-reactive ketones (excluding diaryl/α,β-unsaturated/α-hetero) is 1. The first-order valence-corrected chi connectivity index (χ1v) is 10.5. The molecule has 0 radical (unpaired) electrons. The topological polar surface area (TPSA) is 94.8 Å². The summed E-state index contributed by atoms with van der Waals surface area (Å²) in [5.74, 6) is -0.607. The quantitative estimate of drug-likeness (QED) is 0.620. The molecule has 27 heavy (non-hydrogen) atoms. The number of aliphatic hydroxyl groups is 3. The van der Waals surface area contributed by atoms with E-state index in [0.717, 1.165) is 5.57 Å². The van der Waals surface area contributed by atoms with Crippen LogP contribution in [0.3, 0.4) is 0 Å². The van der Waals surface area contributed by atoms with Gasteiger partial charge in [-0.3, -0.25) is 9.59 Å². The fourth-order valence-corrected chi connectivity index (χ4v) is 7.53. The van der Waals surface area contributed by atoms with Crippen LogP contribution in [0.2, 0.25) is 0 Å². The molecule has 3 saturated carbocycles. The molecule has 3 N–H and O–H groups in total. The van der Waals surface area contributed by atoms with Crippen molar-refractivity contribution in [1.82, 2.24) is 0 Å². The lowest BCUT2D eigenvalue weighted by atomic mass is 9.45. The molecule has 4 rings (SSSR count). The number of aliphatic hydroxyl groups excluding tert-OH is 2. The van der Waals surface area contributed by atoms with Crippen molar-refractivity contribution in [2.75, 3.05) is 5.88 Å². The molecular weight excluding hydrogens is 368 g/mol. The molecule has 0 bridgehead atoms. The second-order valence-electron chi connectivity index (χ2n) is 9.68. The van der Waals surface area contributed by atoms with E-state index in [0.29, 0.717) is 38.5 Å². The Morgan fingerprint density at radius 3 is 2.67 bits per heavy atom. The van der Waals surface area contributed by atoms with Gasteiger partial charge in [-0.25, -0.2) is 0 Å². The summed E-state index contributed by atoms with van der Waals surface area (Å²) in [6, 6.07) is 0. The van der Waals surface area contributed by atoms with Crippen LogP contribution in [0, 0.1) is 28.6 Å². The van der Waals surface area contributed by atoms with E-state index in [9.17, 15) is 24.9 Å². The Balaban J connectivity index is 1.77. The van der Waals surface area contributed by atoms with Crippen molar-refractivity contribution in [3.63, 3.8) is 0 Å². The van der Waals surface area contributed by atoms with Gasteiger partial charge in [0.1, 0.15) is 5.60 Å². The van der Waals surface area contributed by atoms with Gasteiger partial charge in [0.2, 0.25) is 0 Å². The number of rotatable bonds is 2. The lowest BCUT2D eigenvalue weighted by Crippen LogP contribution is -2.63. The number of fused-ring (bicyclic) bond motifs is 5. The molecule has 0 aliphatic heterocycles. The number of hydrogen-bond acceptors (Lipinski definition) is 5.